The third-order valence-electron chi connectivity index (χ3n) is 4.62. The summed E-state index contributed by atoms with van der Waals surface area (Å²) in [6, 6.07) is 5.97. The molecule has 1 aromatic carbocycles. The highest BCUT2D eigenvalue weighted by molar-refractivity contribution is 7.07. The molecule has 6 heteroatoms. The van der Waals surface area contributed by atoms with Crippen molar-refractivity contribution in [3.63, 3.8) is 0 Å². The molecule has 1 atom stereocenters. The lowest BCUT2D eigenvalue weighted by molar-refractivity contribution is -0.121. The molecule has 2 aromatic rings. The third-order valence-corrected chi connectivity index (χ3v) is 5.25. The molecule has 1 amide bonds. The van der Waals surface area contributed by atoms with Crippen LogP contribution in [0.25, 0.3) is 0 Å². The molecule has 1 unspecified atom stereocenters. The number of hydrogen-bond acceptors (Lipinski definition) is 5. The van der Waals surface area contributed by atoms with E-state index in [1.165, 1.54) is 12.8 Å². The fraction of sp³-hybridized carbons (Fsp3) is 0.474. The zero-order valence-corrected chi connectivity index (χ0v) is 15.5. The van der Waals surface area contributed by atoms with E-state index in [1.807, 2.05) is 29.1 Å². The van der Waals surface area contributed by atoms with Crippen LogP contribution in [0.4, 0.5) is 0 Å². The molecule has 5 nitrogen and oxygen atoms in total. The van der Waals surface area contributed by atoms with Crippen LogP contribution in [0.5, 0.6) is 11.5 Å². The van der Waals surface area contributed by atoms with Crippen LogP contribution in [0.3, 0.4) is 0 Å². The van der Waals surface area contributed by atoms with E-state index in [-0.39, 0.29) is 11.8 Å². The molecule has 1 N–H and O–H groups in total. The van der Waals surface area contributed by atoms with Gasteiger partial charge in [-0.25, -0.2) is 4.98 Å². The average Bonchev–Trinajstić information content (AvgIpc) is 3.35. The molecular formula is C19H24N2O3S. The van der Waals surface area contributed by atoms with Crippen LogP contribution in [0.1, 0.15) is 36.4 Å². The molecule has 0 radical (unpaired) electrons. The summed E-state index contributed by atoms with van der Waals surface area (Å²) in [5, 5.41) is 5.04. The molecule has 0 spiro atoms. The molecule has 1 fully saturated rings. The van der Waals surface area contributed by atoms with Crippen molar-refractivity contribution in [2.75, 3.05) is 20.8 Å². The highest BCUT2D eigenvalue weighted by Gasteiger charge is 2.34. The van der Waals surface area contributed by atoms with Gasteiger partial charge in [-0.15, -0.1) is 11.3 Å². The van der Waals surface area contributed by atoms with Crippen LogP contribution >= 0.6 is 11.3 Å². The lowest BCUT2D eigenvalue weighted by atomic mass is 9.90. The zero-order valence-electron chi connectivity index (χ0n) is 14.7. The second-order valence-corrected chi connectivity index (χ2v) is 7.06. The molecule has 0 saturated heterocycles. The Morgan fingerprint density at radius 3 is 2.76 bits per heavy atom. The van der Waals surface area contributed by atoms with E-state index in [4.69, 9.17) is 9.47 Å². The fourth-order valence-electron chi connectivity index (χ4n) is 3.10. The van der Waals surface area contributed by atoms with Gasteiger partial charge in [-0.3, -0.25) is 4.79 Å². The summed E-state index contributed by atoms with van der Waals surface area (Å²) in [6.45, 7) is 0.631. The van der Waals surface area contributed by atoms with Crippen molar-refractivity contribution < 1.29 is 14.3 Å². The molecule has 134 valence electrons. The maximum Gasteiger partial charge on any atom is 0.220 e. The molecule has 3 rings (SSSR count). The number of amides is 1. The van der Waals surface area contributed by atoms with Gasteiger partial charge in [0.1, 0.15) is 0 Å². The van der Waals surface area contributed by atoms with Crippen molar-refractivity contribution in [1.29, 1.82) is 0 Å². The number of carbonyl (C=O) groups is 1. The Labute approximate surface area is 152 Å². The van der Waals surface area contributed by atoms with Gasteiger partial charge in [0.25, 0.3) is 0 Å². The van der Waals surface area contributed by atoms with E-state index in [2.05, 4.69) is 10.3 Å². The van der Waals surface area contributed by atoms with Crippen molar-refractivity contribution in [3.05, 3.63) is 40.3 Å². The molecule has 1 aliphatic carbocycles. The van der Waals surface area contributed by atoms with Gasteiger partial charge in [0, 0.05) is 24.8 Å². The number of benzene rings is 1. The van der Waals surface area contributed by atoms with E-state index in [0.717, 1.165) is 23.4 Å². The largest absolute Gasteiger partial charge is 0.493 e. The molecular weight excluding hydrogens is 336 g/mol. The van der Waals surface area contributed by atoms with Crippen LogP contribution in [-0.4, -0.2) is 31.7 Å². The van der Waals surface area contributed by atoms with E-state index in [1.54, 1.807) is 25.6 Å². The number of nitrogens with one attached hydrogen (secondary N) is 1. The minimum Gasteiger partial charge on any atom is -0.493 e. The van der Waals surface area contributed by atoms with Gasteiger partial charge in [0.15, 0.2) is 11.5 Å². The Kier molecular flexibility index (Phi) is 5.91. The molecule has 0 aliphatic heterocycles. The summed E-state index contributed by atoms with van der Waals surface area (Å²) < 4.78 is 10.7. The highest BCUT2D eigenvalue weighted by atomic mass is 32.1. The Balaban J connectivity index is 1.60. The van der Waals surface area contributed by atoms with Gasteiger partial charge < -0.3 is 14.8 Å². The van der Waals surface area contributed by atoms with Crippen LogP contribution < -0.4 is 14.8 Å². The fourth-order valence-corrected chi connectivity index (χ4v) is 3.69. The highest BCUT2D eigenvalue weighted by Crippen LogP contribution is 2.46. The van der Waals surface area contributed by atoms with Crippen LogP contribution in [0.15, 0.2) is 29.1 Å². The van der Waals surface area contributed by atoms with Crippen molar-refractivity contribution in [1.82, 2.24) is 10.3 Å². The first-order chi connectivity index (χ1) is 12.2. The third kappa shape index (κ3) is 4.72. The number of carbonyl (C=O) groups excluding carboxylic acids is 1. The van der Waals surface area contributed by atoms with E-state index in [0.29, 0.717) is 24.6 Å². The average molecular weight is 360 g/mol. The van der Waals surface area contributed by atoms with Gasteiger partial charge >= 0.3 is 0 Å². The summed E-state index contributed by atoms with van der Waals surface area (Å²) in [4.78, 5) is 16.6. The molecule has 25 heavy (non-hydrogen) atoms. The second-order valence-electron chi connectivity index (χ2n) is 6.34. The summed E-state index contributed by atoms with van der Waals surface area (Å²) in [7, 11) is 3.27. The topological polar surface area (TPSA) is 60.5 Å². The van der Waals surface area contributed by atoms with Gasteiger partial charge in [0.05, 0.1) is 25.4 Å². The molecule has 1 heterocycles. The Hall–Kier alpha value is -2.08. The smallest absolute Gasteiger partial charge is 0.220 e. The number of thiazole rings is 1. The maximum absolute atomic E-state index is 12.4. The summed E-state index contributed by atoms with van der Waals surface area (Å²) in [6.07, 6.45) is 3.66. The summed E-state index contributed by atoms with van der Waals surface area (Å²) in [5.74, 6) is 2.35. The molecule has 1 saturated carbocycles. The van der Waals surface area contributed by atoms with Crippen molar-refractivity contribution in [3.8, 4) is 11.5 Å². The van der Waals surface area contributed by atoms with Crippen LogP contribution in [0.2, 0.25) is 0 Å². The maximum atomic E-state index is 12.4. The number of hydrogen-bond donors (Lipinski definition) is 1. The monoisotopic (exact) mass is 360 g/mol. The zero-order chi connectivity index (χ0) is 17.6. The van der Waals surface area contributed by atoms with E-state index < -0.39 is 0 Å². The quantitative estimate of drug-likeness (QED) is 0.744. The number of nitrogens with zero attached hydrogens (tertiary/aromatic N) is 1. The minimum absolute atomic E-state index is 0.0990. The van der Waals surface area contributed by atoms with Crippen molar-refractivity contribution in [2.45, 2.75) is 31.6 Å². The van der Waals surface area contributed by atoms with Crippen LogP contribution in [-0.2, 0) is 11.2 Å². The van der Waals surface area contributed by atoms with E-state index in [9.17, 15) is 4.79 Å². The predicted octanol–water partition coefficient (Wildman–Crippen LogP) is 3.40. The normalized spacial score (nSPS) is 14.8. The van der Waals surface area contributed by atoms with Gasteiger partial charge in [-0.2, -0.15) is 0 Å². The Morgan fingerprint density at radius 1 is 1.32 bits per heavy atom. The summed E-state index contributed by atoms with van der Waals surface area (Å²) in [5.41, 5.74) is 4.00. The van der Waals surface area contributed by atoms with Crippen LogP contribution in [0, 0.1) is 5.92 Å². The number of aromatic nitrogens is 1. The minimum atomic E-state index is 0.0990. The lowest BCUT2D eigenvalue weighted by Crippen LogP contribution is -2.27. The molecule has 1 aliphatic rings. The summed E-state index contributed by atoms with van der Waals surface area (Å²) >= 11 is 1.58. The first-order valence-corrected chi connectivity index (χ1v) is 9.51. The Morgan fingerprint density at radius 2 is 2.12 bits per heavy atom. The number of ether oxygens (including phenoxy) is 2. The van der Waals surface area contributed by atoms with Gasteiger partial charge in [-0.05, 0) is 42.4 Å². The van der Waals surface area contributed by atoms with Crippen molar-refractivity contribution >= 4 is 17.2 Å². The number of rotatable bonds is 9. The molecule has 0 bridgehead atoms. The number of methoxy groups -OCH3 is 2. The van der Waals surface area contributed by atoms with Crippen molar-refractivity contribution in [2.24, 2.45) is 5.92 Å². The first-order valence-electron chi connectivity index (χ1n) is 8.57. The SMILES string of the molecule is COc1ccc(C(CC(=O)NCCc2cscn2)C2CC2)cc1OC. The predicted molar refractivity (Wildman–Crippen MR) is 98.5 cm³/mol. The second kappa shape index (κ2) is 8.34. The molecule has 1 aromatic heterocycles. The first kappa shape index (κ1) is 17.7. The van der Waals surface area contributed by atoms with Gasteiger partial charge in [-0.1, -0.05) is 6.07 Å². The van der Waals surface area contributed by atoms with Gasteiger partial charge in [0.2, 0.25) is 5.91 Å². The standard InChI is InChI=1S/C19H24N2O3S/c1-23-17-6-5-14(9-18(17)24-2)16(13-3-4-13)10-19(22)20-8-7-15-11-25-12-21-15/h5-6,9,11-13,16H,3-4,7-8,10H2,1-2H3,(H,20,22). The lowest BCUT2D eigenvalue weighted by Gasteiger charge is -2.18. The Bertz CT molecular complexity index is 699. The van der Waals surface area contributed by atoms with E-state index >= 15 is 0 Å².